The Bertz CT molecular complexity index is 3930. The lowest BCUT2D eigenvalue weighted by Gasteiger charge is -2.08. The topological polar surface area (TPSA) is 246 Å². The molecule has 145 heavy (non-hydrogen) atoms. The summed E-state index contributed by atoms with van der Waals surface area (Å²) in [5.74, 6) is 12.5. The van der Waals surface area contributed by atoms with Crippen LogP contribution in [0.2, 0.25) is 0 Å². The molecule has 0 bridgehead atoms. The summed E-state index contributed by atoms with van der Waals surface area (Å²) in [5, 5.41) is 65.8. The van der Waals surface area contributed by atoms with Crippen LogP contribution in [0.25, 0.3) is 0 Å². The molecule has 0 spiro atoms. The lowest BCUT2D eigenvalue weighted by molar-refractivity contribution is 0.453. The molecule has 0 radical (unpaired) electrons. The maximum Gasteiger partial charge on any atom is 0.0725 e. The van der Waals surface area contributed by atoms with Gasteiger partial charge in [0.15, 0.2) is 0 Å². The van der Waals surface area contributed by atoms with Gasteiger partial charge in [0.2, 0.25) is 0 Å². The second-order valence-corrected chi connectivity index (χ2v) is 49.4. The number of aryl methyl sites for hydroxylation is 14. The number of hydrogen-bond donors (Lipinski definition) is 0. The first-order chi connectivity index (χ1) is 69.2. The Hall–Kier alpha value is -6.88. The molecule has 0 aliphatic heterocycles. The molecule has 24 heteroatoms. The van der Waals surface area contributed by atoms with Gasteiger partial charge in [0, 0.05) is 52.4 Å². The molecular formula is C121H234N24. The van der Waals surface area contributed by atoms with Crippen LogP contribution in [0.1, 0.15) is 530 Å². The zero-order valence-corrected chi connectivity index (χ0v) is 101. The van der Waals surface area contributed by atoms with E-state index in [-0.39, 0.29) is 0 Å². The largest absolute Gasteiger partial charge is 0.249 e. The second-order valence-electron chi connectivity index (χ2n) is 49.4. The van der Waals surface area contributed by atoms with E-state index in [1.807, 2.05) is 49.6 Å². The fraction of sp³-hybridized carbons (Fsp3) is 0.868. The van der Waals surface area contributed by atoms with Crippen LogP contribution in [0.15, 0.2) is 49.6 Å². The van der Waals surface area contributed by atoms with Crippen LogP contribution in [0.4, 0.5) is 0 Å². The van der Waals surface area contributed by atoms with Crippen LogP contribution in [0.3, 0.4) is 0 Å². The van der Waals surface area contributed by atoms with Crippen molar-refractivity contribution in [2.75, 3.05) is 0 Å². The Morgan fingerprint density at radius 3 is 0.586 bits per heavy atom. The minimum absolute atomic E-state index is 0.636. The van der Waals surface area contributed by atoms with E-state index in [2.05, 4.69) is 342 Å². The van der Waals surface area contributed by atoms with E-state index in [1.165, 1.54) is 309 Å². The Balaban J connectivity index is 0.000000829. The van der Waals surface area contributed by atoms with E-state index in [4.69, 9.17) is 0 Å². The molecule has 0 saturated heterocycles. The van der Waals surface area contributed by atoms with Gasteiger partial charge in [-0.2, -0.15) is 0 Å². The lowest BCUT2D eigenvalue weighted by atomic mass is 10.0. The molecule has 0 N–H and O–H groups in total. The maximum atomic E-state index is 4.23. The molecule has 8 aromatic heterocycles. The molecular weight excluding hydrogens is 1790 g/mol. The summed E-state index contributed by atoms with van der Waals surface area (Å²) < 4.78 is 16.7. The summed E-state index contributed by atoms with van der Waals surface area (Å²) in [6.07, 6.45) is 77.7. The van der Waals surface area contributed by atoms with Crippen molar-refractivity contribution in [1.82, 2.24) is 120 Å². The Morgan fingerprint density at radius 1 is 0.138 bits per heavy atom. The van der Waals surface area contributed by atoms with Gasteiger partial charge in [-0.15, -0.1) is 40.8 Å². The molecule has 838 valence electrons. The van der Waals surface area contributed by atoms with Gasteiger partial charge in [0.25, 0.3) is 0 Å². The minimum Gasteiger partial charge on any atom is -0.249 e. The van der Waals surface area contributed by atoms with E-state index in [9.17, 15) is 0 Å². The molecule has 0 atom stereocenters. The molecule has 0 saturated carbocycles. The third-order valence-electron chi connectivity index (χ3n) is 26.6. The van der Waals surface area contributed by atoms with Crippen molar-refractivity contribution >= 4 is 0 Å². The van der Waals surface area contributed by atoms with Crippen molar-refractivity contribution in [1.29, 1.82) is 0 Å². The van der Waals surface area contributed by atoms with Crippen LogP contribution >= 0.6 is 0 Å². The zero-order chi connectivity index (χ0) is 108. The highest BCUT2D eigenvalue weighted by atomic mass is 15.5. The van der Waals surface area contributed by atoms with Gasteiger partial charge in [0.05, 0.1) is 95.1 Å². The Kier molecular flexibility index (Phi) is 82.4. The fourth-order valence-electron chi connectivity index (χ4n) is 17.3. The smallest absolute Gasteiger partial charge is 0.0725 e. The standard InChI is InChI=1S/3C17H33N3.5C14H27N3/c1-15(2)10-6-5-7-12-17-14-18-19-20(17)13-9-8-11-16(3)4;1-15(2)10-7-5-6-8-12-17-14-18-19-20(17)13-9-11-16(3)4;1-15(2)10-8-6-5-7-9-11-17-14-18-19-20(17)13-12-16(3)4;1-12(2)7-5-9-14-11-15-16-17(14)10-6-8-13(3)4;1-12(2)7-5-6-10-17-14(11-15-16-17)9-8-13(3)4;1-12(2)7-5-6-8-14-11-15-16-17(14)10-9-13(3)4;1-12(2)8-6-5-7-9-14-10-15-16-17(14)11-13(3)4;1-12(2)8-6-5-7-9-17-14(10-13(3)4)11-15-16-17/h3*14-16H,5-13H2,1-4H3;3*11-13H,5-10H2,1-4H3;10,12-13H,5-9,11H2,1-4H3;11-13H,5-10H2,1-4H3. The number of rotatable bonds is 73. The van der Waals surface area contributed by atoms with Crippen molar-refractivity contribution in [2.24, 2.45) is 94.7 Å². The third-order valence-corrected chi connectivity index (χ3v) is 26.6. The molecule has 0 fully saturated rings. The molecule has 0 unspecified atom stereocenters. The number of hydrogen-bond acceptors (Lipinski definition) is 16. The Morgan fingerprint density at radius 2 is 0.310 bits per heavy atom. The van der Waals surface area contributed by atoms with Crippen molar-refractivity contribution in [3.05, 3.63) is 95.1 Å². The zero-order valence-electron chi connectivity index (χ0n) is 101. The van der Waals surface area contributed by atoms with Gasteiger partial charge < -0.3 is 0 Å². The average Bonchev–Trinajstić information content (AvgIpc) is 1.77. The van der Waals surface area contributed by atoms with Crippen LogP contribution in [0, 0.1) is 94.7 Å². The highest BCUT2D eigenvalue weighted by Crippen LogP contribution is 2.23. The van der Waals surface area contributed by atoms with Crippen LogP contribution in [-0.2, 0) is 104 Å². The van der Waals surface area contributed by atoms with Gasteiger partial charge in [-0.05, 0) is 249 Å². The normalized spacial score (nSPS) is 11.7. The van der Waals surface area contributed by atoms with Crippen molar-refractivity contribution in [3.8, 4) is 0 Å². The van der Waals surface area contributed by atoms with Gasteiger partial charge in [-0.1, -0.05) is 424 Å². The van der Waals surface area contributed by atoms with E-state index in [1.54, 1.807) is 0 Å². The summed E-state index contributed by atoms with van der Waals surface area (Å²) in [7, 11) is 0. The summed E-state index contributed by atoms with van der Waals surface area (Å²) >= 11 is 0. The summed E-state index contributed by atoms with van der Waals surface area (Å²) in [6.45, 7) is 81.0. The summed E-state index contributed by atoms with van der Waals surface area (Å²) in [4.78, 5) is 0. The lowest BCUT2D eigenvalue weighted by Crippen LogP contribution is -2.09. The highest BCUT2D eigenvalue weighted by Gasteiger charge is 2.15. The van der Waals surface area contributed by atoms with E-state index < -0.39 is 0 Å². The van der Waals surface area contributed by atoms with Crippen molar-refractivity contribution < 1.29 is 0 Å². The first-order valence-electron chi connectivity index (χ1n) is 60.2. The predicted molar refractivity (Wildman–Crippen MR) is 617 cm³/mol. The van der Waals surface area contributed by atoms with Gasteiger partial charge >= 0.3 is 0 Å². The SMILES string of the molecule is CC(C)CCCCCCCc1cnnn1CCC(C)C.CC(C)CCCCCCc1cnnn1CCCC(C)C.CC(C)CCCCCc1cnnn1CC(C)C.CC(C)CCCCCc1cnnn1CCCCC(C)C.CC(C)CCCCCn1nncc1CC(C)C.CC(C)CCCCc1cnnn1CCC(C)C.CC(C)CCCCn1nncc1CCC(C)C.CC(C)CCCc1cnnn1CCCC(C)C. The van der Waals surface area contributed by atoms with Crippen molar-refractivity contribution in [3.63, 3.8) is 0 Å². The first kappa shape index (κ1) is 136. The number of nitrogens with zero attached hydrogens (tertiary/aromatic N) is 24. The summed E-state index contributed by atoms with van der Waals surface area (Å²) in [5.41, 5.74) is 10.4. The molecule has 8 rings (SSSR count). The average molecular weight is 2030 g/mol. The van der Waals surface area contributed by atoms with Gasteiger partial charge in [-0.3, -0.25) is 0 Å². The fourth-order valence-corrected chi connectivity index (χ4v) is 17.3. The molecule has 8 aromatic rings. The van der Waals surface area contributed by atoms with Gasteiger partial charge in [-0.25, -0.2) is 37.5 Å². The molecule has 0 aromatic carbocycles. The highest BCUT2D eigenvalue weighted by molar-refractivity contribution is 5.00. The van der Waals surface area contributed by atoms with Crippen LogP contribution < -0.4 is 0 Å². The van der Waals surface area contributed by atoms with E-state index in [0.717, 1.165) is 187 Å². The predicted octanol–water partition coefficient (Wildman–Crippen LogP) is 33.1. The third kappa shape index (κ3) is 78.9. The van der Waals surface area contributed by atoms with E-state index in [0.29, 0.717) is 11.8 Å². The van der Waals surface area contributed by atoms with Crippen LogP contribution in [-0.4, -0.2) is 120 Å². The monoisotopic (exact) mass is 2020 g/mol. The molecule has 0 aliphatic rings. The van der Waals surface area contributed by atoms with Crippen molar-refractivity contribution in [2.45, 2.75) is 589 Å². The molecule has 0 aliphatic carbocycles. The first-order valence-corrected chi connectivity index (χ1v) is 60.2. The van der Waals surface area contributed by atoms with E-state index >= 15 is 0 Å². The molecule has 8 heterocycles. The minimum atomic E-state index is 0.636. The number of aromatic nitrogens is 24. The quantitative estimate of drug-likeness (QED) is 0.0322. The Labute approximate surface area is 893 Å². The molecule has 0 amide bonds. The van der Waals surface area contributed by atoms with Crippen LogP contribution in [0.5, 0.6) is 0 Å². The maximum absolute atomic E-state index is 4.23. The summed E-state index contributed by atoms with van der Waals surface area (Å²) in [6, 6.07) is 0. The second kappa shape index (κ2) is 87.8. The van der Waals surface area contributed by atoms with Gasteiger partial charge in [0.1, 0.15) is 0 Å². The molecule has 24 nitrogen and oxygen atoms in total. The number of unbranched alkanes of at least 4 members (excludes halogenated alkanes) is 16.